The monoisotopic (exact) mass is 142 g/mol. The summed E-state index contributed by atoms with van der Waals surface area (Å²) in [6.07, 6.45) is -0.871. The van der Waals surface area contributed by atoms with E-state index in [9.17, 15) is 17.6 Å². The third kappa shape index (κ3) is 0.721. The van der Waals surface area contributed by atoms with E-state index in [1.54, 1.807) is 0 Å². The maximum atomic E-state index is 12.3. The Labute approximate surface area is 49.9 Å². The smallest absolute Gasteiger partial charge is 0.247 e. The summed E-state index contributed by atoms with van der Waals surface area (Å²) in [6, 6.07) is 0. The second-order valence-corrected chi connectivity index (χ2v) is 2.30. The third-order valence-electron chi connectivity index (χ3n) is 1.70. The zero-order valence-corrected chi connectivity index (χ0v) is 4.63. The molecule has 0 saturated heterocycles. The Morgan fingerprint density at radius 3 is 1.67 bits per heavy atom. The predicted octanol–water partition coefficient (Wildman–Crippen LogP) is 2.09. The van der Waals surface area contributed by atoms with Crippen LogP contribution in [-0.4, -0.2) is 18.3 Å². The number of halogens is 4. The molecule has 1 rings (SSSR count). The van der Waals surface area contributed by atoms with Crippen molar-refractivity contribution in [1.29, 1.82) is 0 Å². The fourth-order valence-corrected chi connectivity index (χ4v) is 0.750. The first-order valence-electron chi connectivity index (χ1n) is 2.64. The quantitative estimate of drug-likeness (QED) is 0.492. The molecule has 0 amide bonds. The van der Waals surface area contributed by atoms with Crippen LogP contribution in [-0.2, 0) is 0 Å². The predicted molar refractivity (Wildman–Crippen MR) is 24.0 cm³/mol. The third-order valence-corrected chi connectivity index (χ3v) is 1.70. The molecule has 0 aliphatic heterocycles. The molecular weight excluding hydrogens is 136 g/mol. The molecule has 1 aliphatic carbocycles. The second-order valence-electron chi connectivity index (χ2n) is 2.30. The average molecular weight is 142 g/mol. The van der Waals surface area contributed by atoms with Gasteiger partial charge in [-0.1, -0.05) is 0 Å². The van der Waals surface area contributed by atoms with Crippen molar-refractivity contribution in [2.75, 3.05) is 6.67 Å². The first kappa shape index (κ1) is 6.83. The Kier molecular flexibility index (Phi) is 1.22. The first-order valence-corrected chi connectivity index (χ1v) is 2.64. The summed E-state index contributed by atoms with van der Waals surface area (Å²) in [5.74, 6) is -3.41. The number of hydrogen-bond donors (Lipinski definition) is 0. The van der Waals surface area contributed by atoms with Crippen molar-refractivity contribution in [3.8, 4) is 0 Å². The fraction of sp³-hybridized carbons (Fsp3) is 1.00. The van der Waals surface area contributed by atoms with Crippen LogP contribution in [0, 0.1) is 0 Å². The lowest BCUT2D eigenvalue weighted by Crippen LogP contribution is -2.55. The average Bonchev–Trinajstić information content (AvgIpc) is 1.84. The van der Waals surface area contributed by atoms with Crippen molar-refractivity contribution in [2.45, 2.75) is 24.4 Å². The highest BCUT2D eigenvalue weighted by Crippen LogP contribution is 2.49. The molecule has 1 saturated carbocycles. The summed E-state index contributed by atoms with van der Waals surface area (Å²) in [6.45, 7) is -1.57. The summed E-state index contributed by atoms with van der Waals surface area (Å²) in [4.78, 5) is 0. The molecule has 0 aromatic carbocycles. The number of rotatable bonds is 1. The zero-order valence-electron chi connectivity index (χ0n) is 4.63. The Morgan fingerprint density at radius 1 is 1.11 bits per heavy atom. The lowest BCUT2D eigenvalue weighted by atomic mass is 9.79. The largest absolute Gasteiger partial charge is 0.284 e. The van der Waals surface area contributed by atoms with Gasteiger partial charge in [-0.2, -0.15) is 0 Å². The highest BCUT2D eigenvalue weighted by molar-refractivity contribution is 5.03. The Balaban J connectivity index is 2.62. The maximum Gasteiger partial charge on any atom is 0.284 e. The van der Waals surface area contributed by atoms with E-state index in [1.165, 1.54) is 0 Å². The normalized spacial score (nSPS) is 40.0. The minimum Gasteiger partial charge on any atom is -0.247 e. The molecule has 0 aromatic heterocycles. The Morgan fingerprint density at radius 2 is 1.67 bits per heavy atom. The first-order chi connectivity index (χ1) is 4.02. The van der Waals surface area contributed by atoms with E-state index in [-0.39, 0.29) is 6.42 Å². The van der Waals surface area contributed by atoms with Crippen LogP contribution in [0.5, 0.6) is 0 Å². The molecule has 4 heteroatoms. The molecule has 0 spiro atoms. The molecular formula is C5H6F4. The van der Waals surface area contributed by atoms with Crippen LogP contribution in [0.1, 0.15) is 12.8 Å². The van der Waals surface area contributed by atoms with Gasteiger partial charge in [0, 0.05) is 6.42 Å². The highest BCUT2D eigenvalue weighted by atomic mass is 19.3. The summed E-state index contributed by atoms with van der Waals surface area (Å²) in [5, 5.41) is 0. The molecule has 1 unspecified atom stereocenters. The van der Waals surface area contributed by atoms with E-state index >= 15 is 0 Å². The van der Waals surface area contributed by atoms with Crippen LogP contribution >= 0.6 is 0 Å². The topological polar surface area (TPSA) is 0 Å². The molecule has 54 valence electrons. The van der Waals surface area contributed by atoms with Gasteiger partial charge in [-0.3, -0.25) is 0 Å². The number of hydrogen-bond acceptors (Lipinski definition) is 0. The van der Waals surface area contributed by atoms with Crippen LogP contribution < -0.4 is 0 Å². The van der Waals surface area contributed by atoms with Crippen molar-refractivity contribution in [3.05, 3.63) is 0 Å². The Bertz CT molecular complexity index is 118. The fourth-order valence-electron chi connectivity index (χ4n) is 0.750. The van der Waals surface area contributed by atoms with Gasteiger partial charge in [-0.05, 0) is 6.42 Å². The molecule has 0 nitrogen and oxygen atoms in total. The van der Waals surface area contributed by atoms with Crippen LogP contribution in [0.2, 0.25) is 0 Å². The molecule has 9 heavy (non-hydrogen) atoms. The van der Waals surface area contributed by atoms with E-state index in [1.807, 2.05) is 0 Å². The SMILES string of the molecule is FCC1(F)CCC1(F)F. The van der Waals surface area contributed by atoms with Gasteiger partial charge in [-0.15, -0.1) is 0 Å². The van der Waals surface area contributed by atoms with Crippen molar-refractivity contribution in [1.82, 2.24) is 0 Å². The molecule has 1 atom stereocenters. The van der Waals surface area contributed by atoms with Gasteiger partial charge in [0.25, 0.3) is 5.92 Å². The van der Waals surface area contributed by atoms with Crippen molar-refractivity contribution < 1.29 is 17.6 Å². The molecule has 0 bridgehead atoms. The van der Waals surface area contributed by atoms with Gasteiger partial charge in [0.1, 0.15) is 6.67 Å². The van der Waals surface area contributed by atoms with Crippen LogP contribution in [0.4, 0.5) is 17.6 Å². The maximum absolute atomic E-state index is 12.3. The summed E-state index contributed by atoms with van der Waals surface area (Å²) >= 11 is 0. The molecule has 1 aliphatic rings. The van der Waals surface area contributed by atoms with Gasteiger partial charge >= 0.3 is 0 Å². The van der Waals surface area contributed by atoms with Gasteiger partial charge in [0.05, 0.1) is 0 Å². The van der Waals surface area contributed by atoms with Crippen LogP contribution in [0.15, 0.2) is 0 Å². The second kappa shape index (κ2) is 1.61. The van der Waals surface area contributed by atoms with E-state index < -0.39 is 24.7 Å². The van der Waals surface area contributed by atoms with Crippen LogP contribution in [0.3, 0.4) is 0 Å². The standard InChI is InChI=1S/C5H6F4/c6-3-4(7)1-2-5(4,8)9/h1-3H2. The summed E-state index contributed by atoms with van der Waals surface area (Å²) in [5.41, 5.74) is -2.84. The summed E-state index contributed by atoms with van der Waals surface area (Å²) in [7, 11) is 0. The zero-order chi connectivity index (χ0) is 7.12. The van der Waals surface area contributed by atoms with Crippen molar-refractivity contribution in [2.24, 2.45) is 0 Å². The lowest BCUT2D eigenvalue weighted by molar-refractivity contribution is -0.216. The molecule has 0 radical (unpaired) electrons. The van der Waals surface area contributed by atoms with Gasteiger partial charge in [0.15, 0.2) is 0 Å². The van der Waals surface area contributed by atoms with E-state index in [0.29, 0.717) is 0 Å². The lowest BCUT2D eigenvalue weighted by Gasteiger charge is -2.40. The van der Waals surface area contributed by atoms with Gasteiger partial charge in [-0.25, -0.2) is 17.6 Å². The summed E-state index contributed by atoms with van der Waals surface area (Å²) < 4.78 is 47.7. The number of alkyl halides is 4. The molecule has 1 fully saturated rings. The van der Waals surface area contributed by atoms with Crippen LogP contribution in [0.25, 0.3) is 0 Å². The minimum atomic E-state index is -3.41. The highest BCUT2D eigenvalue weighted by Gasteiger charge is 2.63. The van der Waals surface area contributed by atoms with E-state index in [4.69, 9.17) is 0 Å². The van der Waals surface area contributed by atoms with Gasteiger partial charge < -0.3 is 0 Å². The van der Waals surface area contributed by atoms with Gasteiger partial charge in [0.2, 0.25) is 5.67 Å². The molecule has 0 heterocycles. The minimum absolute atomic E-state index is 0.351. The molecule has 0 aromatic rings. The van der Waals surface area contributed by atoms with Crippen molar-refractivity contribution >= 4 is 0 Å². The van der Waals surface area contributed by atoms with E-state index in [2.05, 4.69) is 0 Å². The van der Waals surface area contributed by atoms with E-state index in [0.717, 1.165) is 0 Å². The van der Waals surface area contributed by atoms with Crippen molar-refractivity contribution in [3.63, 3.8) is 0 Å². The Hall–Kier alpha value is -0.280. The molecule has 0 N–H and O–H groups in total.